The molecule has 0 saturated heterocycles. The molecular weight excluding hydrogens is 235 g/mol. The maximum Gasteiger partial charge on any atom is 0.133 e. The number of Topliss-reactive ketones (excluding diaryl/α,β-unsaturated/α-hetero) is 1. The number of halogens is 1. The number of benzene rings is 1. The van der Waals surface area contributed by atoms with Gasteiger partial charge in [-0.25, -0.2) is 4.39 Å². The minimum atomic E-state index is -0.116. The van der Waals surface area contributed by atoms with Gasteiger partial charge in [-0.2, -0.15) is 0 Å². The van der Waals surface area contributed by atoms with Crippen molar-refractivity contribution >= 4 is 17.5 Å². The lowest BCUT2D eigenvalue weighted by Crippen LogP contribution is -2.15. The molecule has 1 aliphatic rings. The van der Waals surface area contributed by atoms with E-state index in [-0.39, 0.29) is 23.9 Å². The lowest BCUT2D eigenvalue weighted by molar-refractivity contribution is -0.121. The van der Waals surface area contributed by atoms with Gasteiger partial charge in [-0.15, -0.1) is 0 Å². The van der Waals surface area contributed by atoms with Crippen LogP contribution in [0.15, 0.2) is 46.0 Å². The van der Waals surface area contributed by atoms with Crippen molar-refractivity contribution in [3.63, 3.8) is 0 Å². The van der Waals surface area contributed by atoms with Crippen LogP contribution in [0.4, 0.5) is 4.39 Å². The summed E-state index contributed by atoms with van der Waals surface area (Å²) in [4.78, 5) is 13.1. The van der Waals surface area contributed by atoms with Crippen LogP contribution in [-0.2, 0) is 4.79 Å². The van der Waals surface area contributed by atoms with Crippen LogP contribution in [0.3, 0.4) is 0 Å². The van der Waals surface area contributed by atoms with E-state index in [4.69, 9.17) is 0 Å². The van der Waals surface area contributed by atoms with Gasteiger partial charge < -0.3 is 0 Å². The lowest BCUT2D eigenvalue weighted by atomic mass is 9.90. The van der Waals surface area contributed by atoms with Crippen LogP contribution < -0.4 is 0 Å². The number of allylic oxidation sites excluding steroid dienone is 2. The average molecular weight is 250 g/mol. The first-order chi connectivity index (χ1) is 8.16. The first-order valence-electron chi connectivity index (χ1n) is 5.77. The Morgan fingerprint density at radius 1 is 1.35 bits per heavy atom. The average Bonchev–Trinajstić information content (AvgIpc) is 2.33. The monoisotopic (exact) mass is 250 g/mol. The number of thioether (sulfide) groups is 1. The molecule has 1 nitrogen and oxygen atoms in total. The molecule has 0 radical (unpaired) electrons. The molecule has 0 bridgehead atoms. The highest BCUT2D eigenvalue weighted by Gasteiger charge is 2.24. The third-order valence-corrected chi connectivity index (χ3v) is 4.19. The van der Waals surface area contributed by atoms with Crippen molar-refractivity contribution < 1.29 is 9.18 Å². The second-order valence-corrected chi connectivity index (χ2v) is 5.46. The maximum atomic E-state index is 13.9. The molecule has 0 N–H and O–H groups in total. The van der Waals surface area contributed by atoms with E-state index >= 15 is 0 Å². The Balaban J connectivity index is 2.07. The highest BCUT2D eigenvalue weighted by Crippen LogP contribution is 2.40. The zero-order valence-electron chi connectivity index (χ0n) is 9.78. The standard InChI is InChI=1S/C14H15FOS/c1-10(16)11-7-8-14(13(15)9-11)17-12-5-3-2-4-6-12/h2-6,11H,7-9H2,1H3. The van der Waals surface area contributed by atoms with Gasteiger partial charge in [0.25, 0.3) is 0 Å². The maximum absolute atomic E-state index is 13.9. The number of rotatable bonds is 3. The van der Waals surface area contributed by atoms with Crippen LogP contribution in [0.1, 0.15) is 26.2 Å². The summed E-state index contributed by atoms with van der Waals surface area (Å²) in [7, 11) is 0. The van der Waals surface area contributed by atoms with Gasteiger partial charge in [0.2, 0.25) is 0 Å². The summed E-state index contributed by atoms with van der Waals surface area (Å²) < 4.78 is 13.9. The molecule has 0 aliphatic heterocycles. The van der Waals surface area contributed by atoms with Gasteiger partial charge in [0.05, 0.1) is 0 Å². The smallest absolute Gasteiger partial charge is 0.133 e. The molecule has 0 fully saturated rings. The van der Waals surface area contributed by atoms with Gasteiger partial charge in [-0.1, -0.05) is 30.0 Å². The summed E-state index contributed by atoms with van der Waals surface area (Å²) in [5.74, 6) is -0.121. The Hall–Kier alpha value is -1.09. The fraction of sp³-hybridized carbons (Fsp3) is 0.357. The molecule has 0 aromatic heterocycles. The van der Waals surface area contributed by atoms with Crippen molar-refractivity contribution in [1.29, 1.82) is 0 Å². The third-order valence-electron chi connectivity index (χ3n) is 3.01. The largest absolute Gasteiger partial charge is 0.300 e. The Bertz CT molecular complexity index is 439. The van der Waals surface area contributed by atoms with E-state index in [1.165, 1.54) is 11.8 Å². The predicted molar refractivity (Wildman–Crippen MR) is 68.5 cm³/mol. The van der Waals surface area contributed by atoms with Crippen LogP contribution in [0.2, 0.25) is 0 Å². The molecule has 3 heteroatoms. The molecule has 17 heavy (non-hydrogen) atoms. The van der Waals surface area contributed by atoms with Crippen molar-refractivity contribution in [2.75, 3.05) is 0 Å². The predicted octanol–water partition coefficient (Wildman–Crippen LogP) is 4.35. The van der Waals surface area contributed by atoms with Crippen molar-refractivity contribution in [3.05, 3.63) is 41.1 Å². The molecule has 0 amide bonds. The number of hydrogen-bond donors (Lipinski definition) is 0. The molecule has 90 valence electrons. The van der Waals surface area contributed by atoms with Gasteiger partial charge >= 0.3 is 0 Å². The normalized spacial score (nSPS) is 20.5. The summed E-state index contributed by atoms with van der Waals surface area (Å²) in [6.07, 6.45) is 1.73. The highest BCUT2D eigenvalue weighted by molar-refractivity contribution is 8.03. The molecule has 0 spiro atoms. The summed E-state index contributed by atoms with van der Waals surface area (Å²) in [6.45, 7) is 1.55. The van der Waals surface area contributed by atoms with E-state index in [9.17, 15) is 9.18 Å². The van der Waals surface area contributed by atoms with Gasteiger partial charge in [0.1, 0.15) is 11.6 Å². The number of hydrogen-bond acceptors (Lipinski definition) is 2. The van der Waals surface area contributed by atoms with E-state index in [2.05, 4.69) is 0 Å². The Morgan fingerprint density at radius 3 is 2.65 bits per heavy atom. The molecular formula is C14H15FOS. The molecule has 1 unspecified atom stereocenters. The summed E-state index contributed by atoms with van der Waals surface area (Å²) >= 11 is 1.48. The molecule has 2 rings (SSSR count). The molecule has 0 saturated carbocycles. The number of ketones is 1. The Morgan fingerprint density at radius 2 is 2.06 bits per heavy atom. The molecule has 1 aliphatic carbocycles. The van der Waals surface area contributed by atoms with Gasteiger partial charge in [-0.3, -0.25) is 4.79 Å². The fourth-order valence-electron chi connectivity index (χ4n) is 1.96. The van der Waals surface area contributed by atoms with E-state index in [0.717, 1.165) is 16.2 Å². The minimum absolute atomic E-state index is 0.101. The Kier molecular flexibility index (Phi) is 4.00. The number of carbonyl (C=O) groups is 1. The van der Waals surface area contributed by atoms with Crippen LogP contribution in [-0.4, -0.2) is 5.78 Å². The quantitative estimate of drug-likeness (QED) is 0.793. The van der Waals surface area contributed by atoms with E-state index in [0.29, 0.717) is 6.42 Å². The molecule has 0 heterocycles. The minimum Gasteiger partial charge on any atom is -0.300 e. The molecule has 1 aromatic rings. The van der Waals surface area contributed by atoms with E-state index in [1.807, 2.05) is 30.3 Å². The summed E-state index contributed by atoms with van der Waals surface area (Å²) in [5, 5.41) is 0. The van der Waals surface area contributed by atoms with Gasteiger partial charge in [-0.05, 0) is 31.9 Å². The van der Waals surface area contributed by atoms with Crippen molar-refractivity contribution in [2.45, 2.75) is 31.1 Å². The fourth-order valence-corrected chi connectivity index (χ4v) is 2.95. The summed E-state index contributed by atoms with van der Waals surface area (Å²) in [6, 6.07) is 9.79. The third kappa shape index (κ3) is 3.19. The Labute approximate surface area is 105 Å². The molecule has 1 aromatic carbocycles. The first kappa shape index (κ1) is 12.4. The van der Waals surface area contributed by atoms with Gasteiger partial charge in [0, 0.05) is 22.1 Å². The summed E-state index contributed by atoms with van der Waals surface area (Å²) in [5.41, 5.74) is 0. The van der Waals surface area contributed by atoms with E-state index < -0.39 is 0 Å². The lowest BCUT2D eigenvalue weighted by Gasteiger charge is -2.21. The van der Waals surface area contributed by atoms with E-state index in [1.54, 1.807) is 6.92 Å². The second kappa shape index (κ2) is 5.50. The highest BCUT2D eigenvalue weighted by atomic mass is 32.2. The van der Waals surface area contributed by atoms with Crippen molar-refractivity contribution in [3.8, 4) is 0 Å². The zero-order chi connectivity index (χ0) is 12.3. The zero-order valence-corrected chi connectivity index (χ0v) is 10.6. The first-order valence-corrected chi connectivity index (χ1v) is 6.59. The topological polar surface area (TPSA) is 17.1 Å². The molecule has 1 atom stereocenters. The van der Waals surface area contributed by atoms with Crippen LogP contribution in [0.25, 0.3) is 0 Å². The van der Waals surface area contributed by atoms with Crippen molar-refractivity contribution in [2.24, 2.45) is 5.92 Å². The van der Waals surface area contributed by atoms with Crippen LogP contribution in [0, 0.1) is 5.92 Å². The van der Waals surface area contributed by atoms with Crippen molar-refractivity contribution in [1.82, 2.24) is 0 Å². The second-order valence-electron chi connectivity index (χ2n) is 4.29. The SMILES string of the molecule is CC(=O)C1CCC(Sc2ccccc2)=C(F)C1. The van der Waals surface area contributed by atoms with Gasteiger partial charge in [0.15, 0.2) is 0 Å². The van der Waals surface area contributed by atoms with Crippen LogP contribution in [0.5, 0.6) is 0 Å². The van der Waals surface area contributed by atoms with Crippen LogP contribution >= 0.6 is 11.8 Å². The number of carbonyl (C=O) groups excluding carboxylic acids is 1.